The Morgan fingerprint density at radius 3 is 1.89 bits per heavy atom. The number of ether oxygens (including phenoxy) is 3. The molecule has 0 aromatic heterocycles. The van der Waals surface area contributed by atoms with Crippen LogP contribution in [0.2, 0.25) is 0 Å². The van der Waals surface area contributed by atoms with Crippen molar-refractivity contribution in [3.05, 3.63) is 36.4 Å². The van der Waals surface area contributed by atoms with Crippen LogP contribution < -0.4 is 19.9 Å². The number of anilines is 1. The van der Waals surface area contributed by atoms with Gasteiger partial charge in [0.15, 0.2) is 11.5 Å². The molecule has 0 fully saturated rings. The highest BCUT2D eigenvalue weighted by molar-refractivity contribution is 5.73. The van der Waals surface area contributed by atoms with E-state index in [0.29, 0.717) is 22.9 Å². The van der Waals surface area contributed by atoms with Crippen molar-refractivity contribution in [2.24, 2.45) is 0 Å². The summed E-state index contributed by atoms with van der Waals surface area (Å²) in [4.78, 5) is 0. The summed E-state index contributed by atoms with van der Waals surface area (Å²) in [5, 5.41) is 0. The number of nitrogen functional groups attached to an aromatic ring is 1. The highest BCUT2D eigenvalue weighted by Gasteiger charge is 2.13. The van der Waals surface area contributed by atoms with E-state index in [9.17, 15) is 0 Å². The van der Waals surface area contributed by atoms with Gasteiger partial charge in [0.25, 0.3) is 0 Å². The van der Waals surface area contributed by atoms with Crippen LogP contribution in [0.5, 0.6) is 17.2 Å². The maximum atomic E-state index is 5.81. The molecule has 0 amide bonds. The minimum atomic E-state index is 0.581. The molecule has 100 valence electrons. The Balaban J connectivity index is 2.59. The van der Waals surface area contributed by atoms with Crippen molar-refractivity contribution in [2.45, 2.75) is 0 Å². The maximum absolute atomic E-state index is 5.81. The summed E-state index contributed by atoms with van der Waals surface area (Å²) in [6.07, 6.45) is 0. The van der Waals surface area contributed by atoms with Gasteiger partial charge in [-0.3, -0.25) is 0 Å². The second kappa shape index (κ2) is 5.52. The van der Waals surface area contributed by atoms with E-state index in [-0.39, 0.29) is 0 Å². The van der Waals surface area contributed by atoms with Crippen molar-refractivity contribution in [2.75, 3.05) is 27.1 Å². The first kappa shape index (κ1) is 13.1. The van der Waals surface area contributed by atoms with Gasteiger partial charge in [0.2, 0.25) is 5.75 Å². The summed E-state index contributed by atoms with van der Waals surface area (Å²) in [5.74, 6) is 1.83. The van der Waals surface area contributed by atoms with Crippen LogP contribution in [0.3, 0.4) is 0 Å². The molecule has 19 heavy (non-hydrogen) atoms. The molecule has 0 saturated carbocycles. The minimum absolute atomic E-state index is 0.581. The molecular formula is C15H17NO3. The molecule has 0 radical (unpaired) electrons. The van der Waals surface area contributed by atoms with Gasteiger partial charge < -0.3 is 19.9 Å². The SMILES string of the molecule is COc1cc(-c2cccc(N)c2)cc(OC)c1OC. The molecule has 0 spiro atoms. The monoisotopic (exact) mass is 259 g/mol. The minimum Gasteiger partial charge on any atom is -0.493 e. The second-order valence-electron chi connectivity index (χ2n) is 4.04. The summed E-state index contributed by atoms with van der Waals surface area (Å²) >= 11 is 0. The van der Waals surface area contributed by atoms with E-state index in [1.807, 2.05) is 36.4 Å². The number of methoxy groups -OCH3 is 3. The van der Waals surface area contributed by atoms with Gasteiger partial charge in [0, 0.05) is 5.69 Å². The van der Waals surface area contributed by atoms with Crippen molar-refractivity contribution in [3.63, 3.8) is 0 Å². The molecule has 4 heteroatoms. The van der Waals surface area contributed by atoms with Gasteiger partial charge in [-0.25, -0.2) is 0 Å². The normalized spacial score (nSPS) is 10.1. The van der Waals surface area contributed by atoms with Gasteiger partial charge in [0.1, 0.15) is 0 Å². The summed E-state index contributed by atoms with van der Waals surface area (Å²) in [6.45, 7) is 0. The molecule has 0 aliphatic carbocycles. The lowest BCUT2D eigenvalue weighted by Crippen LogP contribution is -1.96. The zero-order valence-corrected chi connectivity index (χ0v) is 11.3. The zero-order chi connectivity index (χ0) is 13.8. The van der Waals surface area contributed by atoms with E-state index < -0.39 is 0 Å². The summed E-state index contributed by atoms with van der Waals surface area (Å²) < 4.78 is 16.0. The largest absolute Gasteiger partial charge is 0.493 e. The number of hydrogen-bond acceptors (Lipinski definition) is 4. The van der Waals surface area contributed by atoms with Crippen molar-refractivity contribution in [1.29, 1.82) is 0 Å². The van der Waals surface area contributed by atoms with E-state index in [0.717, 1.165) is 11.1 Å². The molecule has 0 heterocycles. The fourth-order valence-corrected chi connectivity index (χ4v) is 1.97. The summed E-state index contributed by atoms with van der Waals surface area (Å²) in [7, 11) is 4.78. The van der Waals surface area contributed by atoms with Gasteiger partial charge in [-0.05, 0) is 35.4 Å². The first-order valence-corrected chi connectivity index (χ1v) is 5.85. The van der Waals surface area contributed by atoms with Gasteiger partial charge in [-0.2, -0.15) is 0 Å². The summed E-state index contributed by atoms with van der Waals surface area (Å²) in [5.41, 5.74) is 8.48. The quantitative estimate of drug-likeness (QED) is 0.858. The van der Waals surface area contributed by atoms with E-state index in [4.69, 9.17) is 19.9 Å². The highest BCUT2D eigenvalue weighted by Crippen LogP contribution is 2.41. The Kier molecular flexibility index (Phi) is 3.80. The molecule has 2 aromatic rings. The van der Waals surface area contributed by atoms with Crippen LogP contribution in [-0.2, 0) is 0 Å². The highest BCUT2D eigenvalue weighted by atomic mass is 16.5. The van der Waals surface area contributed by atoms with Crippen LogP contribution in [0.25, 0.3) is 11.1 Å². The second-order valence-corrected chi connectivity index (χ2v) is 4.04. The molecule has 0 bridgehead atoms. The molecule has 0 saturated heterocycles. The fraction of sp³-hybridized carbons (Fsp3) is 0.200. The van der Waals surface area contributed by atoms with Gasteiger partial charge in [-0.15, -0.1) is 0 Å². The molecule has 0 aliphatic rings. The van der Waals surface area contributed by atoms with Crippen LogP contribution in [-0.4, -0.2) is 21.3 Å². The Bertz CT molecular complexity index is 556. The maximum Gasteiger partial charge on any atom is 0.203 e. The Hall–Kier alpha value is -2.36. The van der Waals surface area contributed by atoms with Crippen molar-refractivity contribution in [1.82, 2.24) is 0 Å². The average molecular weight is 259 g/mol. The molecule has 0 unspecified atom stereocenters. The van der Waals surface area contributed by atoms with Crippen LogP contribution >= 0.6 is 0 Å². The smallest absolute Gasteiger partial charge is 0.203 e. The number of hydrogen-bond donors (Lipinski definition) is 1. The lowest BCUT2D eigenvalue weighted by Gasteiger charge is -2.14. The van der Waals surface area contributed by atoms with Crippen LogP contribution in [0.15, 0.2) is 36.4 Å². The van der Waals surface area contributed by atoms with E-state index in [2.05, 4.69) is 0 Å². The third-order valence-corrected chi connectivity index (χ3v) is 2.88. The van der Waals surface area contributed by atoms with Gasteiger partial charge >= 0.3 is 0 Å². The van der Waals surface area contributed by atoms with Crippen molar-refractivity contribution in [3.8, 4) is 28.4 Å². The number of benzene rings is 2. The van der Waals surface area contributed by atoms with Crippen molar-refractivity contribution < 1.29 is 14.2 Å². The van der Waals surface area contributed by atoms with Crippen LogP contribution in [0, 0.1) is 0 Å². The molecule has 4 nitrogen and oxygen atoms in total. The molecule has 0 atom stereocenters. The van der Waals surface area contributed by atoms with E-state index in [1.54, 1.807) is 21.3 Å². The predicted octanol–water partition coefficient (Wildman–Crippen LogP) is 2.96. The van der Waals surface area contributed by atoms with E-state index >= 15 is 0 Å². The van der Waals surface area contributed by atoms with Crippen LogP contribution in [0.1, 0.15) is 0 Å². The predicted molar refractivity (Wildman–Crippen MR) is 75.9 cm³/mol. The van der Waals surface area contributed by atoms with Crippen LogP contribution in [0.4, 0.5) is 5.69 Å². The molecule has 2 N–H and O–H groups in total. The third-order valence-electron chi connectivity index (χ3n) is 2.88. The lowest BCUT2D eigenvalue weighted by molar-refractivity contribution is 0.324. The first-order chi connectivity index (χ1) is 9.19. The zero-order valence-electron chi connectivity index (χ0n) is 11.3. The molecule has 2 rings (SSSR count). The molecular weight excluding hydrogens is 242 g/mol. The van der Waals surface area contributed by atoms with Crippen molar-refractivity contribution >= 4 is 5.69 Å². The van der Waals surface area contributed by atoms with Gasteiger partial charge in [-0.1, -0.05) is 12.1 Å². The van der Waals surface area contributed by atoms with E-state index in [1.165, 1.54) is 0 Å². The Labute approximate surface area is 112 Å². The standard InChI is InChI=1S/C15H17NO3/c1-17-13-8-11(9-14(18-2)15(13)19-3)10-5-4-6-12(16)7-10/h4-9H,16H2,1-3H3. The lowest BCUT2D eigenvalue weighted by atomic mass is 10.0. The Morgan fingerprint density at radius 2 is 1.42 bits per heavy atom. The fourth-order valence-electron chi connectivity index (χ4n) is 1.97. The third kappa shape index (κ3) is 2.57. The molecule has 0 aliphatic heterocycles. The molecule has 2 aromatic carbocycles. The van der Waals surface area contributed by atoms with Gasteiger partial charge in [0.05, 0.1) is 21.3 Å². The average Bonchev–Trinajstić information content (AvgIpc) is 2.45. The summed E-state index contributed by atoms with van der Waals surface area (Å²) in [6, 6.07) is 11.4. The number of rotatable bonds is 4. The number of nitrogens with two attached hydrogens (primary N) is 1. The Morgan fingerprint density at radius 1 is 0.789 bits per heavy atom. The first-order valence-electron chi connectivity index (χ1n) is 5.85. The topological polar surface area (TPSA) is 53.7 Å².